The molecule has 160 valence electrons. The normalized spacial score (nSPS) is 19.1. The number of benzene rings is 1. The zero-order valence-corrected chi connectivity index (χ0v) is 17.3. The topological polar surface area (TPSA) is 107 Å². The van der Waals surface area contributed by atoms with Gasteiger partial charge >= 0.3 is 0 Å². The lowest BCUT2D eigenvalue weighted by molar-refractivity contribution is 0.0592. The van der Waals surface area contributed by atoms with Gasteiger partial charge in [0.2, 0.25) is 0 Å². The molecule has 0 spiro atoms. The molecule has 3 heterocycles. The molecule has 2 atom stereocenters. The van der Waals surface area contributed by atoms with Crippen LogP contribution in [0.15, 0.2) is 39.9 Å². The van der Waals surface area contributed by atoms with E-state index in [2.05, 4.69) is 20.5 Å². The zero-order valence-electron chi connectivity index (χ0n) is 17.3. The molecule has 0 radical (unpaired) electrons. The number of amides is 1. The number of piperidine rings is 1. The number of rotatable bonds is 5. The molecular weight excluding hydrogens is 399 g/mol. The maximum Gasteiger partial charge on any atom is 0.274 e. The molecule has 0 aliphatic carbocycles. The number of anilines is 1. The number of nitrogens with one attached hydrogen (secondary N) is 2. The van der Waals surface area contributed by atoms with Gasteiger partial charge in [-0.1, -0.05) is 0 Å². The fourth-order valence-electron chi connectivity index (χ4n) is 3.77. The number of pyridine rings is 1. The number of hydrogen-bond acceptors (Lipinski definition) is 7. The number of carbonyl (C=O) groups excluding carboxylic acids is 1. The summed E-state index contributed by atoms with van der Waals surface area (Å²) in [5.74, 6) is -0.166. The number of aromatic nitrogens is 2. The third kappa shape index (κ3) is 4.30. The summed E-state index contributed by atoms with van der Waals surface area (Å²) in [6.07, 6.45) is 3.92. The van der Waals surface area contributed by atoms with Gasteiger partial charge in [0, 0.05) is 30.6 Å². The highest BCUT2D eigenvalue weighted by Crippen LogP contribution is 2.33. The van der Waals surface area contributed by atoms with E-state index in [0.717, 1.165) is 19.1 Å². The Kier molecular flexibility index (Phi) is 5.75. The van der Waals surface area contributed by atoms with Crippen LogP contribution < -0.4 is 5.43 Å². The Bertz CT molecular complexity index is 1160. The first-order valence-corrected chi connectivity index (χ1v) is 10.1. The lowest BCUT2D eigenvalue weighted by atomic mass is 9.93. The summed E-state index contributed by atoms with van der Waals surface area (Å²) in [5, 5.41) is 10.9. The summed E-state index contributed by atoms with van der Waals surface area (Å²) in [5.41, 5.74) is 5.25. The number of oxazole rings is 1. The molecule has 2 aromatic heterocycles. The minimum Gasteiger partial charge on any atom is -0.440 e. The van der Waals surface area contributed by atoms with Crippen molar-refractivity contribution in [3.63, 3.8) is 0 Å². The van der Waals surface area contributed by atoms with Crippen LogP contribution in [0.4, 0.5) is 10.1 Å². The molecule has 0 bridgehead atoms. The fourth-order valence-corrected chi connectivity index (χ4v) is 3.77. The molecule has 9 heteroatoms. The summed E-state index contributed by atoms with van der Waals surface area (Å²) in [7, 11) is 0. The van der Waals surface area contributed by atoms with Crippen LogP contribution in [0, 0.1) is 18.2 Å². The van der Waals surface area contributed by atoms with Gasteiger partial charge in [-0.05, 0) is 51.0 Å². The van der Waals surface area contributed by atoms with Crippen molar-refractivity contribution in [2.75, 3.05) is 12.0 Å². The van der Waals surface area contributed by atoms with E-state index < -0.39 is 0 Å². The Labute approximate surface area is 178 Å². The van der Waals surface area contributed by atoms with Crippen LogP contribution in [0.3, 0.4) is 0 Å². The van der Waals surface area contributed by atoms with Crippen LogP contribution >= 0.6 is 0 Å². The van der Waals surface area contributed by atoms with E-state index in [1.165, 1.54) is 18.3 Å². The van der Waals surface area contributed by atoms with E-state index >= 15 is 0 Å². The average molecular weight is 422 g/mol. The third-order valence-electron chi connectivity index (χ3n) is 5.43. The number of fused-ring (bicyclic) bond motifs is 1. The number of aryl methyl sites for hydroxylation is 1. The Morgan fingerprint density at radius 3 is 2.97 bits per heavy atom. The van der Waals surface area contributed by atoms with Gasteiger partial charge in [0.25, 0.3) is 5.91 Å². The zero-order chi connectivity index (χ0) is 22.0. The molecule has 1 amide bonds. The molecule has 1 saturated heterocycles. The van der Waals surface area contributed by atoms with Crippen molar-refractivity contribution in [1.29, 1.82) is 5.41 Å². The quantitative estimate of drug-likeness (QED) is 0.475. The van der Waals surface area contributed by atoms with E-state index in [9.17, 15) is 9.18 Å². The van der Waals surface area contributed by atoms with Gasteiger partial charge in [-0.25, -0.2) is 14.4 Å². The summed E-state index contributed by atoms with van der Waals surface area (Å²) in [6.45, 7) is 4.25. The van der Waals surface area contributed by atoms with Crippen LogP contribution in [0.5, 0.6) is 0 Å². The number of hydrazone groups is 1. The standard InChI is InChI=1S/C22H23FN6O2/c1-13-3-7-18(28-25-10-9-24)20(26-13)22(30)29-12-15(5-4-14(29)2)21-27-17-8-6-16(23)11-19(17)31-21/h3,6-11,14-15,24,28H,4-5,12H2,1-2H3/b24-9?,25-10-/t14-,15-/m1/s1. The smallest absolute Gasteiger partial charge is 0.274 e. The van der Waals surface area contributed by atoms with Gasteiger partial charge in [0.05, 0.1) is 17.8 Å². The van der Waals surface area contributed by atoms with Crippen molar-refractivity contribution in [3.05, 3.63) is 53.4 Å². The van der Waals surface area contributed by atoms with Gasteiger partial charge < -0.3 is 14.7 Å². The van der Waals surface area contributed by atoms with Crippen molar-refractivity contribution in [3.8, 4) is 0 Å². The van der Waals surface area contributed by atoms with E-state index in [1.807, 2.05) is 13.8 Å². The van der Waals surface area contributed by atoms with Crippen molar-refractivity contribution < 1.29 is 13.6 Å². The van der Waals surface area contributed by atoms with Crippen LogP contribution in [0.2, 0.25) is 0 Å². The Hall–Kier alpha value is -3.62. The van der Waals surface area contributed by atoms with E-state index in [-0.39, 0.29) is 29.4 Å². The van der Waals surface area contributed by atoms with Crippen LogP contribution in [0.1, 0.15) is 47.8 Å². The lowest BCUT2D eigenvalue weighted by Gasteiger charge is -2.37. The molecule has 0 unspecified atom stereocenters. The highest BCUT2D eigenvalue weighted by Gasteiger charge is 2.34. The molecule has 2 N–H and O–H groups in total. The maximum absolute atomic E-state index is 13.5. The van der Waals surface area contributed by atoms with Gasteiger partial charge in [0.1, 0.15) is 11.3 Å². The number of hydrogen-bond donors (Lipinski definition) is 2. The molecule has 1 aromatic carbocycles. The first-order chi connectivity index (χ1) is 15.0. The first kappa shape index (κ1) is 20.6. The molecule has 1 aliphatic rings. The second kappa shape index (κ2) is 8.63. The highest BCUT2D eigenvalue weighted by molar-refractivity contribution is 6.14. The molecule has 31 heavy (non-hydrogen) atoms. The summed E-state index contributed by atoms with van der Waals surface area (Å²) in [6, 6.07) is 7.83. The largest absolute Gasteiger partial charge is 0.440 e. The van der Waals surface area contributed by atoms with Crippen molar-refractivity contribution in [2.45, 2.75) is 38.6 Å². The van der Waals surface area contributed by atoms with Gasteiger partial charge in [-0.3, -0.25) is 10.2 Å². The van der Waals surface area contributed by atoms with Gasteiger partial charge in [-0.2, -0.15) is 5.10 Å². The fraction of sp³-hybridized carbons (Fsp3) is 0.318. The monoisotopic (exact) mass is 422 g/mol. The van der Waals surface area contributed by atoms with E-state index in [0.29, 0.717) is 34.9 Å². The van der Waals surface area contributed by atoms with Gasteiger partial charge in [0.15, 0.2) is 17.2 Å². The Morgan fingerprint density at radius 2 is 2.16 bits per heavy atom. The predicted molar refractivity (Wildman–Crippen MR) is 116 cm³/mol. The molecule has 1 aliphatic heterocycles. The van der Waals surface area contributed by atoms with Gasteiger partial charge in [-0.15, -0.1) is 0 Å². The van der Waals surface area contributed by atoms with Crippen LogP contribution in [0.25, 0.3) is 11.1 Å². The van der Waals surface area contributed by atoms with Crippen molar-refractivity contribution >= 4 is 35.1 Å². The SMILES string of the molecule is Cc1ccc(N/N=C\C=N)c(C(=O)N2C[C@H](c3nc4ccc(F)cc4o3)CC[C@H]2C)n1. The number of carbonyl (C=O) groups is 1. The second-order valence-corrected chi connectivity index (χ2v) is 7.65. The molecule has 1 fully saturated rings. The molecular formula is C22H23FN6O2. The average Bonchev–Trinajstić information content (AvgIpc) is 3.18. The summed E-state index contributed by atoms with van der Waals surface area (Å²) >= 11 is 0. The summed E-state index contributed by atoms with van der Waals surface area (Å²) < 4.78 is 19.3. The number of likely N-dealkylation sites (tertiary alicyclic amines) is 1. The van der Waals surface area contributed by atoms with Crippen molar-refractivity contribution in [1.82, 2.24) is 14.9 Å². The summed E-state index contributed by atoms with van der Waals surface area (Å²) in [4.78, 5) is 24.2. The molecule has 8 nitrogen and oxygen atoms in total. The second-order valence-electron chi connectivity index (χ2n) is 7.65. The molecule has 3 aromatic rings. The predicted octanol–water partition coefficient (Wildman–Crippen LogP) is 4.13. The minimum absolute atomic E-state index is 0.0193. The minimum atomic E-state index is -0.375. The maximum atomic E-state index is 13.5. The van der Waals surface area contributed by atoms with E-state index in [1.54, 1.807) is 23.1 Å². The highest BCUT2D eigenvalue weighted by atomic mass is 19.1. The first-order valence-electron chi connectivity index (χ1n) is 10.1. The lowest BCUT2D eigenvalue weighted by Crippen LogP contribution is -2.45. The van der Waals surface area contributed by atoms with Crippen LogP contribution in [-0.4, -0.2) is 45.8 Å². The third-order valence-corrected chi connectivity index (χ3v) is 5.43. The number of nitrogens with zero attached hydrogens (tertiary/aromatic N) is 4. The van der Waals surface area contributed by atoms with E-state index in [4.69, 9.17) is 9.83 Å². The Morgan fingerprint density at radius 1 is 1.32 bits per heavy atom. The molecule has 4 rings (SSSR count). The number of halogens is 1. The van der Waals surface area contributed by atoms with Crippen LogP contribution in [-0.2, 0) is 0 Å². The molecule has 0 saturated carbocycles. The Balaban J connectivity index is 1.61. The van der Waals surface area contributed by atoms with Crippen molar-refractivity contribution in [2.24, 2.45) is 5.10 Å².